The van der Waals surface area contributed by atoms with E-state index in [-0.39, 0.29) is 16.0 Å². The summed E-state index contributed by atoms with van der Waals surface area (Å²) in [5.74, 6) is 0. The Labute approximate surface area is 738 Å². The standard InChI is InChI=1S/2C54H38N2/c2*1-4-16-39(17-5-1)40-28-33-45(34-29-40)55(51-25-13-10-22-47(51)42-18-6-2-7-19-42)46-35-30-41(31-36-46)44-32-37-54-50(38-44)49-24-12-15-27-53(49)56(54)52-26-14-11-23-48(52)43-20-8-3-9-21-43/h2*1-38H/i1D,2D,3D,4D,5D,6D,7D,8D,9D,10D,11D,12D,13D,14D,15D,16D,17D,18D,19D,20D,21D,22D,23D,24D,25D,26D,27D,28D,29D,30D,31D,32D,33D,34D,35D,36D,37D,38D;1D,2D,4D,5D,6D,7D,10D,13D,16D,17D,18D,19D,22D,25D,28D,29D,30D,31D,33D,34D,35D,36D. The monoisotopic (exact) mass is 1490 g/mol. The highest BCUT2D eigenvalue weighted by Gasteiger charge is 2.23. The number of hydrogen-bond acceptors (Lipinski definition) is 2. The minimum absolute atomic E-state index is 0.186. The average molecular weight is 1490 g/mol. The van der Waals surface area contributed by atoms with Gasteiger partial charge in [-0.3, -0.25) is 0 Å². The van der Waals surface area contributed by atoms with Crippen molar-refractivity contribution in [1.29, 1.82) is 0 Å². The van der Waals surface area contributed by atoms with E-state index in [1.165, 1.54) is 0 Å². The number of hydrogen-bond donors (Lipinski definition) is 0. The Balaban J connectivity index is 0.000000213. The number of para-hydroxylation sites is 6. The molecule has 4 nitrogen and oxygen atoms in total. The molecule has 0 aliphatic carbocycles. The molecule has 2 heterocycles. The molecule has 0 saturated carbocycles. The highest BCUT2D eigenvalue weighted by atomic mass is 15.2. The molecule has 20 rings (SSSR count). The number of fused-ring (bicyclic) bond motifs is 6. The molecule has 0 atom stereocenters. The Morgan fingerprint density at radius 1 is 0.188 bits per heavy atom. The summed E-state index contributed by atoms with van der Waals surface area (Å²) in [6, 6.07) is -34.9. The lowest BCUT2D eigenvalue weighted by Gasteiger charge is -2.28. The third-order valence-electron chi connectivity index (χ3n) is 17.4. The average Bonchev–Trinajstić information content (AvgIpc) is 1.53. The molecule has 0 spiro atoms. The van der Waals surface area contributed by atoms with Crippen LogP contribution in [0.5, 0.6) is 0 Å². The zero-order chi connectivity index (χ0) is 127. The molecule has 0 bridgehead atoms. The molecule has 0 aliphatic rings. The van der Waals surface area contributed by atoms with Gasteiger partial charge >= 0.3 is 0 Å². The van der Waals surface area contributed by atoms with Crippen LogP contribution in [0.4, 0.5) is 34.1 Å². The predicted octanol–water partition coefficient (Wildman–Crippen LogP) is 29.8. The van der Waals surface area contributed by atoms with Crippen molar-refractivity contribution in [3.63, 3.8) is 0 Å². The third kappa shape index (κ3) is 13.2. The van der Waals surface area contributed by atoms with E-state index in [0.717, 1.165) is 33.2 Å². The predicted molar refractivity (Wildman–Crippen MR) is 474 cm³/mol. The van der Waals surface area contributed by atoms with Crippen molar-refractivity contribution in [3.8, 4) is 100 Å². The fraction of sp³-hybridized carbons (Fsp3) is 0. The normalized spacial score (nSPS) is 18.7. The second-order valence-corrected chi connectivity index (χ2v) is 23.7. The molecular weight excluding hydrogens is 1350 g/mol. The quantitative estimate of drug-likeness (QED) is 0.0959. The van der Waals surface area contributed by atoms with Crippen LogP contribution < -0.4 is 9.80 Å². The minimum atomic E-state index is -1.46. The smallest absolute Gasteiger partial charge is 0.0645 e. The van der Waals surface area contributed by atoms with E-state index in [1.54, 1.807) is 18.2 Å². The van der Waals surface area contributed by atoms with Gasteiger partial charge in [0.2, 0.25) is 0 Å². The lowest BCUT2D eigenvalue weighted by Crippen LogP contribution is -2.11. The van der Waals surface area contributed by atoms with Gasteiger partial charge < -0.3 is 18.9 Å². The molecule has 18 aromatic carbocycles. The molecule has 0 saturated heterocycles. The summed E-state index contributed by atoms with van der Waals surface area (Å²) in [6.07, 6.45) is 0. The van der Waals surface area contributed by atoms with Gasteiger partial charge in [0, 0.05) is 66.5 Å². The van der Waals surface area contributed by atoms with Crippen LogP contribution in [-0.2, 0) is 0 Å². The van der Waals surface area contributed by atoms with Gasteiger partial charge in [0.25, 0.3) is 0 Å². The van der Waals surface area contributed by atoms with E-state index in [0.29, 0.717) is 14.9 Å². The highest BCUT2D eigenvalue weighted by Crippen LogP contribution is 2.47. The molecule has 0 radical (unpaired) electrons. The van der Waals surface area contributed by atoms with E-state index < -0.39 is 491 Å². The van der Waals surface area contributed by atoms with Crippen molar-refractivity contribution in [2.24, 2.45) is 0 Å². The molecule has 4 heteroatoms. The van der Waals surface area contributed by atoms with E-state index in [9.17, 15) is 35.6 Å². The topological polar surface area (TPSA) is 16.3 Å². The molecule has 112 heavy (non-hydrogen) atoms. The molecule has 0 N–H and O–H groups in total. The highest BCUT2D eigenvalue weighted by molar-refractivity contribution is 6.12. The zero-order valence-electron chi connectivity index (χ0n) is 117. The molecule has 528 valence electrons. The minimum Gasteiger partial charge on any atom is -0.310 e. The van der Waals surface area contributed by atoms with Gasteiger partial charge in [-0.25, -0.2) is 0 Å². The lowest BCUT2D eigenvalue weighted by atomic mass is 10.00. The first-order valence-electron chi connectivity index (χ1n) is 63.5. The van der Waals surface area contributed by atoms with E-state index >= 15 is 0 Å². The Kier molecular flexibility index (Phi) is 7.96. The van der Waals surface area contributed by atoms with Crippen LogP contribution >= 0.6 is 0 Å². The van der Waals surface area contributed by atoms with Crippen molar-refractivity contribution in [2.75, 3.05) is 9.80 Å². The van der Waals surface area contributed by atoms with Crippen molar-refractivity contribution < 1.29 is 82.2 Å². The summed E-state index contributed by atoms with van der Waals surface area (Å²) in [5, 5.41) is -0.178. The van der Waals surface area contributed by atoms with Crippen LogP contribution in [0.25, 0.3) is 144 Å². The summed E-state index contributed by atoms with van der Waals surface area (Å²) in [4.78, 5) is 0.720. The third-order valence-corrected chi connectivity index (χ3v) is 17.4. The summed E-state index contributed by atoms with van der Waals surface area (Å²) in [7, 11) is 0. The molecule has 2 aromatic heterocycles. The molecule has 0 aliphatic heterocycles. The van der Waals surface area contributed by atoms with Crippen LogP contribution in [0, 0.1) is 0 Å². The van der Waals surface area contributed by atoms with Gasteiger partial charge in [0.15, 0.2) is 0 Å². The number of benzene rings is 18. The first-order chi connectivity index (χ1) is 80.6. The van der Waals surface area contributed by atoms with Crippen LogP contribution in [0.1, 0.15) is 82.2 Å². The van der Waals surface area contributed by atoms with Gasteiger partial charge in [-0.05, 0) is 176 Å². The fourth-order valence-corrected chi connectivity index (χ4v) is 12.5. The van der Waals surface area contributed by atoms with Crippen molar-refractivity contribution in [1.82, 2.24) is 9.13 Å². The molecule has 0 amide bonds. The SMILES string of the molecule is [2H]c1c([2H])c([2H])c(-c2c([2H])c([2H])c(N(c3c([2H])c([2H])c(-c4c([2H])c([2H])c5c(c4[2H])c4c([2H])c([2H])c([2H])c([2H])c4n5-c4c([2H])c([2H])c([2H])c([2H])c4-c4c([2H])c([2H])c([2H])c([2H])c4[2H])c([2H])c3[2H])c3c([2H])c([2H])c([2H])c([2H])c3-c3c([2H])c([2H])c([2H])c([2H])c3[2H])c([2H])c2[2H])c([2H])c1[2H].[2H]c1c([2H])c([2H])c(-c2c([2H])c([2H])c(N(c3c([2H])c([2H])c(-c4ccc5c(c4)c4ccccc4n5-c4ccccc4-c4ccccc4)c([2H])c3[2H])c3c([2H])c([2H])c([2H])c([2H])c3-c3c([2H])c([2H])c([2H])c([2H])c3[2H])c([2H])c2[2H])c([2H])c1[2H]. The van der Waals surface area contributed by atoms with Crippen molar-refractivity contribution in [2.45, 2.75) is 0 Å². The summed E-state index contributed by atoms with van der Waals surface area (Å²) in [6.45, 7) is 0. The number of aromatic nitrogens is 2. The lowest BCUT2D eigenvalue weighted by molar-refractivity contribution is 1.18. The van der Waals surface area contributed by atoms with Crippen LogP contribution in [0.3, 0.4) is 0 Å². The van der Waals surface area contributed by atoms with Crippen LogP contribution in [0.2, 0.25) is 0 Å². The molecule has 0 unspecified atom stereocenters. The molecular formula is C108H76N4. The van der Waals surface area contributed by atoms with Crippen molar-refractivity contribution >= 4 is 77.7 Å². The number of nitrogens with zero attached hydrogens (tertiary/aromatic N) is 4. The maximum Gasteiger partial charge on any atom is 0.0645 e. The first kappa shape index (κ1) is 29.3. The second kappa shape index (κ2) is 30.4. The second-order valence-electron chi connectivity index (χ2n) is 23.7. The molecule has 20 aromatic rings. The summed E-state index contributed by atoms with van der Waals surface area (Å²) >= 11 is 0. The summed E-state index contributed by atoms with van der Waals surface area (Å²) in [5.41, 5.74) is -16.6. The first-order valence-corrected chi connectivity index (χ1v) is 33.5. The van der Waals surface area contributed by atoms with E-state index in [4.69, 9.17) is 46.6 Å². The van der Waals surface area contributed by atoms with Gasteiger partial charge in [-0.2, -0.15) is 0 Å². The van der Waals surface area contributed by atoms with Crippen molar-refractivity contribution in [3.05, 3.63) is 460 Å². The maximum atomic E-state index is 9.95. The summed E-state index contributed by atoms with van der Waals surface area (Å²) < 4.78 is 544. The zero-order valence-corrected chi connectivity index (χ0v) is 57.0. The fourth-order valence-electron chi connectivity index (χ4n) is 12.5. The van der Waals surface area contributed by atoms with E-state index in [2.05, 4.69) is 4.57 Å². The van der Waals surface area contributed by atoms with Gasteiger partial charge in [0.1, 0.15) is 0 Å². The largest absolute Gasteiger partial charge is 0.310 e. The number of anilines is 6. The Bertz CT molecular complexity index is 10400. The van der Waals surface area contributed by atoms with Gasteiger partial charge in [0.05, 0.1) is 127 Å². The maximum absolute atomic E-state index is 9.95. The van der Waals surface area contributed by atoms with Gasteiger partial charge in [-0.15, -0.1) is 0 Å². The van der Waals surface area contributed by atoms with Crippen LogP contribution in [0.15, 0.2) is 460 Å². The Hall–Kier alpha value is -14.8. The number of rotatable bonds is 16. The molecule has 0 fully saturated rings. The Morgan fingerprint density at radius 3 is 1.11 bits per heavy atom. The van der Waals surface area contributed by atoms with Gasteiger partial charge in [-0.1, -0.05) is 351 Å². The van der Waals surface area contributed by atoms with E-state index in [1.807, 2.05) is 78.9 Å². The van der Waals surface area contributed by atoms with Crippen LogP contribution in [-0.4, -0.2) is 9.13 Å². The Morgan fingerprint density at radius 2 is 0.562 bits per heavy atom.